The average molecular weight is 422 g/mol. The topological polar surface area (TPSA) is 101 Å². The Balaban J connectivity index is 1.98. The van der Waals surface area contributed by atoms with Crippen LogP contribution in [0.3, 0.4) is 0 Å². The molecular weight excluding hydrogens is 394 g/mol. The fourth-order valence-corrected chi connectivity index (χ4v) is 3.07. The maximum absolute atomic E-state index is 12.8. The molecule has 9 heteroatoms. The van der Waals surface area contributed by atoms with E-state index in [2.05, 4.69) is 5.32 Å². The van der Waals surface area contributed by atoms with E-state index in [1.165, 1.54) is 11.8 Å². The molecule has 0 aromatic heterocycles. The largest absolute Gasteiger partial charge is 0.436 e. The van der Waals surface area contributed by atoms with Crippen LogP contribution in [-0.2, 0) is 25.6 Å². The van der Waals surface area contributed by atoms with Gasteiger partial charge in [-0.05, 0) is 24.5 Å². The van der Waals surface area contributed by atoms with Gasteiger partial charge in [0.2, 0.25) is 5.72 Å². The molecule has 2 unspecified atom stereocenters. The predicted octanol–water partition coefficient (Wildman–Crippen LogP) is 2.15. The van der Waals surface area contributed by atoms with Crippen LogP contribution in [0.15, 0.2) is 30.3 Å². The van der Waals surface area contributed by atoms with Crippen LogP contribution in [-0.4, -0.2) is 67.0 Å². The van der Waals surface area contributed by atoms with Gasteiger partial charge in [-0.2, -0.15) is 17.0 Å². The number of ether oxygens (including phenoxy) is 3. The van der Waals surface area contributed by atoms with Crippen molar-refractivity contribution in [1.82, 2.24) is 10.2 Å². The summed E-state index contributed by atoms with van der Waals surface area (Å²) >= 11 is 1.54. The number of rotatable bonds is 9. The normalized spacial score (nSPS) is 16.9. The zero-order valence-electron chi connectivity index (χ0n) is 16.8. The minimum absolute atomic E-state index is 0.161. The molecule has 1 heterocycles. The van der Waals surface area contributed by atoms with E-state index < -0.39 is 23.8 Å². The van der Waals surface area contributed by atoms with E-state index in [0.29, 0.717) is 38.5 Å². The zero-order chi connectivity index (χ0) is 21.1. The highest BCUT2D eigenvalue weighted by molar-refractivity contribution is 7.98. The van der Waals surface area contributed by atoms with E-state index in [1.54, 1.807) is 11.8 Å². The highest BCUT2D eigenvalue weighted by Gasteiger charge is 2.33. The molecule has 1 fully saturated rings. The van der Waals surface area contributed by atoms with Crippen molar-refractivity contribution in [1.29, 1.82) is 5.26 Å². The Morgan fingerprint density at radius 1 is 1.34 bits per heavy atom. The molecule has 0 radical (unpaired) electrons. The van der Waals surface area contributed by atoms with Gasteiger partial charge in [-0.15, -0.1) is 0 Å². The van der Waals surface area contributed by atoms with E-state index in [9.17, 15) is 14.9 Å². The number of nitrogens with zero attached hydrogens (tertiary/aromatic N) is 2. The second-order valence-electron chi connectivity index (χ2n) is 6.66. The molecule has 1 aliphatic heterocycles. The van der Waals surface area contributed by atoms with Gasteiger partial charge in [0.25, 0.3) is 5.91 Å². The first-order chi connectivity index (χ1) is 14.0. The van der Waals surface area contributed by atoms with Crippen LogP contribution >= 0.6 is 11.8 Å². The quantitative estimate of drug-likeness (QED) is 0.610. The molecule has 1 aromatic rings. The van der Waals surface area contributed by atoms with Gasteiger partial charge in [0.05, 0.1) is 19.8 Å². The molecule has 0 spiro atoms. The summed E-state index contributed by atoms with van der Waals surface area (Å²) in [6.07, 6.45) is 0.675. The number of hydrogen-bond donors (Lipinski definition) is 1. The number of nitriles is 1. The van der Waals surface area contributed by atoms with Crippen molar-refractivity contribution in [2.75, 3.05) is 38.3 Å². The molecule has 2 rings (SSSR count). The van der Waals surface area contributed by atoms with Crippen molar-refractivity contribution < 1.29 is 23.8 Å². The Morgan fingerprint density at radius 2 is 2.03 bits per heavy atom. The third-order valence-electron chi connectivity index (χ3n) is 4.33. The highest BCUT2D eigenvalue weighted by Crippen LogP contribution is 2.14. The number of thioether (sulfide) groups is 1. The molecule has 2 atom stereocenters. The lowest BCUT2D eigenvalue weighted by molar-refractivity contribution is -0.138. The Bertz CT molecular complexity index is 706. The molecule has 1 aromatic carbocycles. The van der Waals surface area contributed by atoms with Crippen LogP contribution in [0, 0.1) is 11.3 Å². The van der Waals surface area contributed by atoms with Crippen LogP contribution in [0.2, 0.25) is 0 Å². The smallest absolute Gasteiger partial charge is 0.410 e. The zero-order valence-corrected chi connectivity index (χ0v) is 17.6. The van der Waals surface area contributed by atoms with Crippen LogP contribution < -0.4 is 5.32 Å². The third-order valence-corrected chi connectivity index (χ3v) is 4.98. The number of benzene rings is 1. The first-order valence-electron chi connectivity index (χ1n) is 9.41. The Labute approximate surface area is 175 Å². The minimum atomic E-state index is -1.55. The van der Waals surface area contributed by atoms with Gasteiger partial charge >= 0.3 is 6.09 Å². The van der Waals surface area contributed by atoms with E-state index in [0.717, 1.165) is 5.56 Å². The number of morpholine rings is 1. The maximum atomic E-state index is 12.8. The first kappa shape index (κ1) is 23.0. The SMILES string of the molecule is CSCCC(OC(=O)N1CCOCC1)C(=O)NC(C)(C#N)OCc1ccccc1. The molecule has 29 heavy (non-hydrogen) atoms. The summed E-state index contributed by atoms with van der Waals surface area (Å²) < 4.78 is 16.3. The highest BCUT2D eigenvalue weighted by atomic mass is 32.2. The summed E-state index contributed by atoms with van der Waals surface area (Å²) in [6.45, 7) is 3.36. The summed E-state index contributed by atoms with van der Waals surface area (Å²) in [5.41, 5.74) is -0.670. The van der Waals surface area contributed by atoms with Crippen molar-refractivity contribution in [2.45, 2.75) is 31.8 Å². The molecule has 158 valence electrons. The van der Waals surface area contributed by atoms with Crippen molar-refractivity contribution in [3.05, 3.63) is 35.9 Å². The van der Waals surface area contributed by atoms with Gasteiger partial charge in [0, 0.05) is 19.5 Å². The van der Waals surface area contributed by atoms with E-state index in [-0.39, 0.29) is 6.61 Å². The summed E-state index contributed by atoms with van der Waals surface area (Å²) in [4.78, 5) is 26.7. The molecule has 0 bridgehead atoms. The molecule has 1 aliphatic rings. The second kappa shape index (κ2) is 11.7. The van der Waals surface area contributed by atoms with Crippen molar-refractivity contribution in [3.8, 4) is 6.07 Å². The fourth-order valence-electron chi connectivity index (χ4n) is 2.62. The van der Waals surface area contributed by atoms with Crippen LogP contribution in [0.5, 0.6) is 0 Å². The lowest BCUT2D eigenvalue weighted by atomic mass is 10.2. The standard InChI is InChI=1S/C20H27N3O5S/c1-20(15-21,27-14-16-6-4-3-5-7-16)22-18(24)17(8-13-29-2)28-19(25)23-9-11-26-12-10-23/h3-7,17H,8-14H2,1-2H3,(H,22,24). The van der Waals surface area contributed by atoms with Gasteiger partial charge in [-0.25, -0.2) is 4.79 Å². The summed E-state index contributed by atoms with van der Waals surface area (Å²) in [5.74, 6) is 0.0700. The molecule has 1 N–H and O–H groups in total. The van der Waals surface area contributed by atoms with E-state index in [1.807, 2.05) is 42.7 Å². The Hall–Kier alpha value is -2.28. The predicted molar refractivity (Wildman–Crippen MR) is 109 cm³/mol. The molecule has 0 aliphatic carbocycles. The molecular formula is C20H27N3O5S. The third kappa shape index (κ3) is 7.57. The molecule has 1 saturated heterocycles. The van der Waals surface area contributed by atoms with Crippen LogP contribution in [0.4, 0.5) is 4.79 Å². The summed E-state index contributed by atoms with van der Waals surface area (Å²) in [5, 5.41) is 12.1. The Morgan fingerprint density at radius 3 is 2.66 bits per heavy atom. The average Bonchev–Trinajstić information content (AvgIpc) is 2.76. The van der Waals surface area contributed by atoms with E-state index in [4.69, 9.17) is 14.2 Å². The lowest BCUT2D eigenvalue weighted by Crippen LogP contribution is -2.52. The number of amides is 2. The lowest BCUT2D eigenvalue weighted by Gasteiger charge is -2.29. The van der Waals surface area contributed by atoms with Gasteiger partial charge < -0.3 is 24.4 Å². The van der Waals surface area contributed by atoms with Crippen LogP contribution in [0.25, 0.3) is 0 Å². The van der Waals surface area contributed by atoms with Crippen molar-refractivity contribution in [2.24, 2.45) is 0 Å². The number of carbonyl (C=O) groups excluding carboxylic acids is 2. The fraction of sp³-hybridized carbons (Fsp3) is 0.550. The number of nitrogens with one attached hydrogen (secondary N) is 1. The van der Waals surface area contributed by atoms with Gasteiger partial charge in [0.15, 0.2) is 6.10 Å². The van der Waals surface area contributed by atoms with Gasteiger partial charge in [-0.3, -0.25) is 4.79 Å². The number of hydrogen-bond acceptors (Lipinski definition) is 7. The monoisotopic (exact) mass is 421 g/mol. The molecule has 0 saturated carbocycles. The number of carbonyl (C=O) groups is 2. The minimum Gasteiger partial charge on any atom is -0.436 e. The van der Waals surface area contributed by atoms with Gasteiger partial charge in [-0.1, -0.05) is 30.3 Å². The van der Waals surface area contributed by atoms with Gasteiger partial charge in [0.1, 0.15) is 6.07 Å². The molecule has 2 amide bonds. The van der Waals surface area contributed by atoms with Crippen molar-refractivity contribution in [3.63, 3.8) is 0 Å². The summed E-state index contributed by atoms with van der Waals surface area (Å²) in [6, 6.07) is 11.3. The maximum Gasteiger partial charge on any atom is 0.410 e. The first-order valence-corrected chi connectivity index (χ1v) is 10.8. The Kier molecular flexibility index (Phi) is 9.25. The van der Waals surface area contributed by atoms with Crippen molar-refractivity contribution >= 4 is 23.8 Å². The summed E-state index contributed by atoms with van der Waals surface area (Å²) in [7, 11) is 0. The van der Waals surface area contributed by atoms with E-state index >= 15 is 0 Å². The second-order valence-corrected chi connectivity index (χ2v) is 7.65. The molecule has 8 nitrogen and oxygen atoms in total. The van der Waals surface area contributed by atoms with Crippen LogP contribution in [0.1, 0.15) is 18.9 Å².